The molecule has 0 saturated heterocycles. The van der Waals surface area contributed by atoms with Gasteiger partial charge in [0.25, 0.3) is 0 Å². The van der Waals surface area contributed by atoms with Crippen LogP contribution in [0, 0.1) is 11.7 Å². The monoisotopic (exact) mass is 325 g/mol. The van der Waals surface area contributed by atoms with Crippen LogP contribution >= 0.6 is 22.9 Å². The summed E-state index contributed by atoms with van der Waals surface area (Å²) in [6, 6.07) is 8.31. The molecule has 2 rings (SSSR count). The normalized spacial score (nSPS) is 12.4. The van der Waals surface area contributed by atoms with Crippen molar-refractivity contribution in [3.63, 3.8) is 0 Å². The van der Waals surface area contributed by atoms with Gasteiger partial charge in [0.1, 0.15) is 5.82 Å². The summed E-state index contributed by atoms with van der Waals surface area (Å²) in [5.74, 6) is -0.423. The molecular formula is C16H17ClFNOS. The first-order valence-corrected chi connectivity index (χ1v) is 8.00. The summed E-state index contributed by atoms with van der Waals surface area (Å²) in [6.07, 6.45) is -0.0555. The fourth-order valence-electron chi connectivity index (χ4n) is 2.12. The van der Waals surface area contributed by atoms with E-state index >= 15 is 0 Å². The van der Waals surface area contributed by atoms with Crippen LogP contribution in [0.2, 0.25) is 5.02 Å². The second-order valence-electron chi connectivity index (χ2n) is 5.18. The largest absolute Gasteiger partial charge is 0.348 e. The number of rotatable bonds is 5. The van der Waals surface area contributed by atoms with Gasteiger partial charge in [0.2, 0.25) is 5.91 Å². The van der Waals surface area contributed by atoms with Gasteiger partial charge in [-0.25, -0.2) is 4.39 Å². The first kappa shape index (κ1) is 16.0. The first-order chi connectivity index (χ1) is 9.99. The van der Waals surface area contributed by atoms with E-state index in [4.69, 9.17) is 11.6 Å². The van der Waals surface area contributed by atoms with Crippen LogP contribution in [-0.2, 0) is 11.2 Å². The van der Waals surface area contributed by atoms with Crippen LogP contribution in [0.3, 0.4) is 0 Å². The Morgan fingerprint density at radius 2 is 2.10 bits per heavy atom. The van der Waals surface area contributed by atoms with Gasteiger partial charge in [-0.05, 0) is 29.5 Å². The predicted molar refractivity (Wildman–Crippen MR) is 85.2 cm³/mol. The lowest BCUT2D eigenvalue weighted by Crippen LogP contribution is -2.32. The molecule has 1 atom stereocenters. The lowest BCUT2D eigenvalue weighted by atomic mass is 10.0. The average Bonchev–Trinajstić information content (AvgIpc) is 2.94. The van der Waals surface area contributed by atoms with Gasteiger partial charge < -0.3 is 5.32 Å². The van der Waals surface area contributed by atoms with E-state index in [0.717, 1.165) is 4.88 Å². The maximum absolute atomic E-state index is 13.7. The molecule has 0 unspecified atom stereocenters. The smallest absolute Gasteiger partial charge is 0.225 e. The highest BCUT2D eigenvalue weighted by molar-refractivity contribution is 7.10. The molecule has 1 heterocycles. The molecule has 0 bridgehead atoms. The Kier molecular flexibility index (Phi) is 5.37. The number of nitrogens with one attached hydrogen (secondary N) is 1. The highest BCUT2D eigenvalue weighted by Gasteiger charge is 2.20. The third-order valence-corrected chi connectivity index (χ3v) is 4.54. The van der Waals surface area contributed by atoms with Crippen LogP contribution in [0.15, 0.2) is 35.7 Å². The summed E-state index contributed by atoms with van der Waals surface area (Å²) < 4.78 is 13.7. The van der Waals surface area contributed by atoms with Crippen molar-refractivity contribution >= 4 is 28.8 Å². The lowest BCUT2D eigenvalue weighted by Gasteiger charge is -2.21. The standard InChI is InChI=1S/C16H17ClFNOS/c1-10(2)16(14-7-4-8-21-14)19-15(20)9-11-12(17)5-3-6-13(11)18/h3-8,10,16H,9H2,1-2H3,(H,19,20)/t16-/m0/s1. The summed E-state index contributed by atoms with van der Waals surface area (Å²) in [5.41, 5.74) is 0.241. The van der Waals surface area contributed by atoms with Gasteiger partial charge in [-0.2, -0.15) is 0 Å². The average molecular weight is 326 g/mol. The second kappa shape index (κ2) is 7.05. The van der Waals surface area contributed by atoms with Crippen molar-refractivity contribution in [2.75, 3.05) is 0 Å². The van der Waals surface area contributed by atoms with Crippen LogP contribution in [0.25, 0.3) is 0 Å². The molecule has 1 aromatic heterocycles. The Labute approximate surface area is 132 Å². The van der Waals surface area contributed by atoms with Crippen molar-refractivity contribution in [1.29, 1.82) is 0 Å². The molecule has 0 spiro atoms. The Balaban J connectivity index is 2.10. The Morgan fingerprint density at radius 1 is 1.33 bits per heavy atom. The zero-order chi connectivity index (χ0) is 15.4. The molecule has 5 heteroatoms. The van der Waals surface area contributed by atoms with E-state index in [9.17, 15) is 9.18 Å². The molecule has 0 radical (unpaired) electrons. The number of benzene rings is 1. The van der Waals surface area contributed by atoms with E-state index in [2.05, 4.69) is 5.32 Å². The summed E-state index contributed by atoms with van der Waals surface area (Å²) >= 11 is 7.55. The number of thiophene rings is 1. The third-order valence-electron chi connectivity index (χ3n) is 3.23. The zero-order valence-electron chi connectivity index (χ0n) is 11.9. The molecule has 0 aliphatic carbocycles. The van der Waals surface area contributed by atoms with E-state index in [1.54, 1.807) is 17.4 Å². The van der Waals surface area contributed by atoms with Crippen LogP contribution < -0.4 is 5.32 Å². The molecule has 112 valence electrons. The number of carbonyl (C=O) groups is 1. The fourth-order valence-corrected chi connectivity index (χ4v) is 3.30. The molecule has 1 amide bonds. The molecule has 0 aliphatic heterocycles. The molecule has 0 fully saturated rings. The van der Waals surface area contributed by atoms with E-state index in [-0.39, 0.29) is 34.9 Å². The van der Waals surface area contributed by atoms with Crippen molar-refractivity contribution in [2.45, 2.75) is 26.3 Å². The van der Waals surface area contributed by atoms with Crippen molar-refractivity contribution < 1.29 is 9.18 Å². The number of amides is 1. The quantitative estimate of drug-likeness (QED) is 0.855. The van der Waals surface area contributed by atoms with E-state index < -0.39 is 5.82 Å². The predicted octanol–water partition coefficient (Wildman–Crippen LogP) is 4.60. The Morgan fingerprint density at radius 3 is 2.67 bits per heavy atom. The number of hydrogen-bond donors (Lipinski definition) is 1. The zero-order valence-corrected chi connectivity index (χ0v) is 13.5. The molecular weight excluding hydrogens is 309 g/mol. The minimum atomic E-state index is -0.449. The summed E-state index contributed by atoms with van der Waals surface area (Å²) in [5, 5.41) is 5.22. The maximum atomic E-state index is 13.7. The highest BCUT2D eigenvalue weighted by atomic mass is 35.5. The molecule has 1 aromatic carbocycles. The van der Waals surface area contributed by atoms with Crippen molar-refractivity contribution in [1.82, 2.24) is 5.32 Å². The fraction of sp³-hybridized carbons (Fsp3) is 0.312. The van der Waals surface area contributed by atoms with Gasteiger partial charge >= 0.3 is 0 Å². The van der Waals surface area contributed by atoms with Gasteiger partial charge in [-0.1, -0.05) is 37.6 Å². The molecule has 2 nitrogen and oxygen atoms in total. The van der Waals surface area contributed by atoms with E-state index in [1.165, 1.54) is 12.1 Å². The third kappa shape index (κ3) is 4.05. The van der Waals surface area contributed by atoms with E-state index in [0.29, 0.717) is 0 Å². The van der Waals surface area contributed by atoms with Crippen LogP contribution in [0.5, 0.6) is 0 Å². The van der Waals surface area contributed by atoms with Crippen molar-refractivity contribution in [2.24, 2.45) is 5.92 Å². The number of halogens is 2. The van der Waals surface area contributed by atoms with Crippen LogP contribution in [0.4, 0.5) is 4.39 Å². The maximum Gasteiger partial charge on any atom is 0.225 e. The molecule has 21 heavy (non-hydrogen) atoms. The Bertz CT molecular complexity index is 592. The minimum absolute atomic E-state index is 0.0555. The lowest BCUT2D eigenvalue weighted by molar-refractivity contribution is -0.121. The summed E-state index contributed by atoms with van der Waals surface area (Å²) in [6.45, 7) is 4.08. The highest BCUT2D eigenvalue weighted by Crippen LogP contribution is 2.26. The van der Waals surface area contributed by atoms with E-state index in [1.807, 2.05) is 31.4 Å². The summed E-state index contributed by atoms with van der Waals surface area (Å²) in [7, 11) is 0. The minimum Gasteiger partial charge on any atom is -0.348 e. The number of hydrogen-bond acceptors (Lipinski definition) is 2. The number of carbonyl (C=O) groups excluding carboxylic acids is 1. The second-order valence-corrected chi connectivity index (χ2v) is 6.57. The molecule has 0 aliphatic rings. The molecule has 1 N–H and O–H groups in total. The SMILES string of the molecule is CC(C)[C@H](NC(=O)Cc1c(F)cccc1Cl)c1cccs1. The van der Waals surface area contributed by atoms with Gasteiger partial charge in [0, 0.05) is 15.5 Å². The topological polar surface area (TPSA) is 29.1 Å². The van der Waals surface area contributed by atoms with Gasteiger partial charge in [0.05, 0.1) is 12.5 Å². The first-order valence-electron chi connectivity index (χ1n) is 6.74. The van der Waals surface area contributed by atoms with Crippen LogP contribution in [-0.4, -0.2) is 5.91 Å². The Hall–Kier alpha value is -1.39. The van der Waals surface area contributed by atoms with Gasteiger partial charge in [0.15, 0.2) is 0 Å². The molecule has 2 aromatic rings. The summed E-state index contributed by atoms with van der Waals surface area (Å²) in [4.78, 5) is 13.3. The van der Waals surface area contributed by atoms with Crippen molar-refractivity contribution in [3.8, 4) is 0 Å². The van der Waals surface area contributed by atoms with Crippen molar-refractivity contribution in [3.05, 3.63) is 57.0 Å². The molecule has 0 saturated carbocycles. The van der Waals surface area contributed by atoms with Gasteiger partial charge in [-0.3, -0.25) is 4.79 Å². The van der Waals surface area contributed by atoms with Crippen LogP contribution in [0.1, 0.15) is 30.3 Å². The van der Waals surface area contributed by atoms with Gasteiger partial charge in [-0.15, -0.1) is 11.3 Å².